The highest BCUT2D eigenvalue weighted by atomic mass is 35.5. The van der Waals surface area contributed by atoms with Gasteiger partial charge in [-0.05, 0) is 60.2 Å². The van der Waals surface area contributed by atoms with Gasteiger partial charge in [0.25, 0.3) is 0 Å². The van der Waals surface area contributed by atoms with Crippen LogP contribution in [0.25, 0.3) is 27.9 Å². The predicted octanol–water partition coefficient (Wildman–Crippen LogP) is 7.20. The van der Waals surface area contributed by atoms with Gasteiger partial charge in [0.1, 0.15) is 5.75 Å². The van der Waals surface area contributed by atoms with Crippen molar-refractivity contribution in [1.82, 2.24) is 10.3 Å². The first-order valence-corrected chi connectivity index (χ1v) is 12.7. The van der Waals surface area contributed by atoms with Crippen LogP contribution in [-0.2, 0) is 4.79 Å². The maximum Gasteiger partial charge on any atom is 0.243 e. The standard InChI is InChI=1S/C30H32ClN3O2/c1-20(2)22-9-6-21(7-10-22)8-13-29(35)33-15-5-4-14-32-28-19-26(36-3)17-24-16-23-11-12-25(31)18-27(23)34-30(24)28/h6-13,16-20,32H,4-5,14-15H2,1-3H3,(H,33,35)/b13-8+. The van der Waals surface area contributed by atoms with Crippen LogP contribution in [0.5, 0.6) is 5.75 Å². The monoisotopic (exact) mass is 501 g/mol. The first-order chi connectivity index (χ1) is 17.4. The second kappa shape index (κ2) is 11.9. The Bertz CT molecular complexity index is 1380. The molecule has 0 spiro atoms. The van der Waals surface area contributed by atoms with Crippen molar-refractivity contribution in [2.75, 3.05) is 25.5 Å². The number of pyridine rings is 1. The molecule has 0 unspecified atom stereocenters. The van der Waals surface area contributed by atoms with Gasteiger partial charge in [-0.2, -0.15) is 0 Å². The maximum absolute atomic E-state index is 12.1. The normalized spacial score (nSPS) is 11.5. The fourth-order valence-electron chi connectivity index (χ4n) is 4.05. The number of hydrogen-bond acceptors (Lipinski definition) is 4. The van der Waals surface area contributed by atoms with Crippen LogP contribution >= 0.6 is 11.6 Å². The highest BCUT2D eigenvalue weighted by Crippen LogP contribution is 2.31. The zero-order chi connectivity index (χ0) is 25.5. The zero-order valence-electron chi connectivity index (χ0n) is 21.0. The predicted molar refractivity (Wildman–Crippen MR) is 151 cm³/mol. The summed E-state index contributed by atoms with van der Waals surface area (Å²) in [6.45, 7) is 5.71. The van der Waals surface area contributed by atoms with Crippen LogP contribution in [0.2, 0.25) is 5.02 Å². The van der Waals surface area contributed by atoms with E-state index in [2.05, 4.69) is 42.7 Å². The molecule has 6 heteroatoms. The molecule has 0 radical (unpaired) electrons. The van der Waals surface area contributed by atoms with Gasteiger partial charge in [0.05, 0.1) is 23.8 Å². The molecule has 4 aromatic rings. The van der Waals surface area contributed by atoms with Gasteiger partial charge >= 0.3 is 0 Å². The number of carbonyl (C=O) groups excluding carboxylic acids is 1. The molecule has 0 saturated carbocycles. The molecule has 0 aliphatic rings. The van der Waals surface area contributed by atoms with Crippen molar-refractivity contribution >= 4 is 51.1 Å². The molecule has 0 atom stereocenters. The van der Waals surface area contributed by atoms with Crippen molar-refractivity contribution < 1.29 is 9.53 Å². The third kappa shape index (κ3) is 6.55. The third-order valence-electron chi connectivity index (χ3n) is 6.13. The van der Waals surface area contributed by atoms with Crippen LogP contribution in [0.4, 0.5) is 5.69 Å². The minimum atomic E-state index is -0.0792. The number of nitrogens with zero attached hydrogens (tertiary/aromatic N) is 1. The first-order valence-electron chi connectivity index (χ1n) is 12.3. The van der Waals surface area contributed by atoms with E-state index >= 15 is 0 Å². The molecule has 0 saturated heterocycles. The lowest BCUT2D eigenvalue weighted by Crippen LogP contribution is -2.22. The summed E-state index contributed by atoms with van der Waals surface area (Å²) in [7, 11) is 1.66. The summed E-state index contributed by atoms with van der Waals surface area (Å²) >= 11 is 6.17. The summed E-state index contributed by atoms with van der Waals surface area (Å²) in [4.78, 5) is 17.0. The quantitative estimate of drug-likeness (QED) is 0.137. The van der Waals surface area contributed by atoms with Gasteiger partial charge in [-0.25, -0.2) is 4.98 Å². The number of fused-ring (bicyclic) bond motifs is 2. The molecule has 0 fully saturated rings. The molecule has 4 rings (SSSR count). The Balaban J connectivity index is 1.28. The largest absolute Gasteiger partial charge is 0.497 e. The van der Waals surface area contributed by atoms with Gasteiger partial charge in [0.2, 0.25) is 5.91 Å². The molecule has 0 bridgehead atoms. The SMILES string of the molecule is COc1cc(NCCCCNC(=O)/C=C/c2ccc(C(C)C)cc2)c2nc3cc(Cl)ccc3cc2c1. The molecule has 186 valence electrons. The number of carbonyl (C=O) groups is 1. The van der Waals surface area contributed by atoms with Crippen LogP contribution < -0.4 is 15.4 Å². The van der Waals surface area contributed by atoms with Gasteiger partial charge in [-0.15, -0.1) is 0 Å². The number of benzene rings is 3. The summed E-state index contributed by atoms with van der Waals surface area (Å²) in [5.41, 5.74) is 4.97. The summed E-state index contributed by atoms with van der Waals surface area (Å²) in [6.07, 6.45) is 5.20. The Morgan fingerprint density at radius 2 is 1.78 bits per heavy atom. The van der Waals surface area contributed by atoms with Gasteiger partial charge in [0, 0.05) is 41.0 Å². The minimum absolute atomic E-state index is 0.0792. The molecule has 1 amide bonds. The van der Waals surface area contributed by atoms with Gasteiger partial charge < -0.3 is 15.4 Å². The average Bonchev–Trinajstić information content (AvgIpc) is 2.88. The van der Waals surface area contributed by atoms with Crippen molar-refractivity contribution in [2.45, 2.75) is 32.6 Å². The Morgan fingerprint density at radius 3 is 2.53 bits per heavy atom. The third-order valence-corrected chi connectivity index (χ3v) is 6.37. The smallest absolute Gasteiger partial charge is 0.243 e. The molecule has 2 N–H and O–H groups in total. The molecule has 0 aliphatic heterocycles. The zero-order valence-corrected chi connectivity index (χ0v) is 21.7. The number of amides is 1. The number of methoxy groups -OCH3 is 1. The lowest BCUT2D eigenvalue weighted by Gasteiger charge is -2.13. The summed E-state index contributed by atoms with van der Waals surface area (Å²) in [6, 6.07) is 20.1. The molecule has 1 aromatic heterocycles. The number of nitrogens with one attached hydrogen (secondary N) is 2. The van der Waals surface area contributed by atoms with Gasteiger partial charge in [-0.1, -0.05) is 55.8 Å². The van der Waals surface area contributed by atoms with E-state index in [4.69, 9.17) is 21.3 Å². The number of halogens is 1. The molecule has 0 aliphatic carbocycles. The Kier molecular flexibility index (Phi) is 8.44. The number of anilines is 1. The highest BCUT2D eigenvalue weighted by Gasteiger charge is 2.09. The first kappa shape index (κ1) is 25.5. The fraction of sp³-hybridized carbons (Fsp3) is 0.267. The van der Waals surface area contributed by atoms with Crippen molar-refractivity contribution in [3.05, 3.63) is 82.9 Å². The number of hydrogen-bond donors (Lipinski definition) is 2. The Hall–Kier alpha value is -3.57. The summed E-state index contributed by atoms with van der Waals surface area (Å²) in [5, 5.41) is 9.14. The lowest BCUT2D eigenvalue weighted by atomic mass is 10.0. The molecular formula is C30H32ClN3O2. The van der Waals surface area contributed by atoms with E-state index in [9.17, 15) is 4.79 Å². The Morgan fingerprint density at radius 1 is 1.00 bits per heavy atom. The number of ether oxygens (including phenoxy) is 1. The lowest BCUT2D eigenvalue weighted by molar-refractivity contribution is -0.116. The van der Waals surface area contributed by atoms with E-state index in [1.165, 1.54) is 5.56 Å². The van der Waals surface area contributed by atoms with Gasteiger partial charge in [0.15, 0.2) is 0 Å². The van der Waals surface area contributed by atoms with E-state index in [0.29, 0.717) is 17.5 Å². The number of rotatable bonds is 10. The van der Waals surface area contributed by atoms with E-state index in [1.807, 2.05) is 48.5 Å². The molecule has 3 aromatic carbocycles. The van der Waals surface area contributed by atoms with Crippen molar-refractivity contribution in [3.63, 3.8) is 0 Å². The second-order valence-electron chi connectivity index (χ2n) is 9.15. The molecule has 5 nitrogen and oxygen atoms in total. The molecule has 36 heavy (non-hydrogen) atoms. The van der Waals surface area contributed by atoms with Crippen molar-refractivity contribution in [1.29, 1.82) is 0 Å². The van der Waals surface area contributed by atoms with Crippen LogP contribution in [0, 0.1) is 0 Å². The van der Waals surface area contributed by atoms with E-state index < -0.39 is 0 Å². The van der Waals surface area contributed by atoms with Crippen molar-refractivity contribution in [2.24, 2.45) is 0 Å². The minimum Gasteiger partial charge on any atom is -0.497 e. The van der Waals surface area contributed by atoms with E-state index in [0.717, 1.165) is 58.2 Å². The average molecular weight is 502 g/mol. The molecular weight excluding hydrogens is 470 g/mol. The number of unbranched alkanes of at least 4 members (excludes halogenated alkanes) is 1. The molecule has 1 heterocycles. The van der Waals surface area contributed by atoms with Gasteiger partial charge in [-0.3, -0.25) is 4.79 Å². The maximum atomic E-state index is 12.1. The number of aromatic nitrogens is 1. The van der Waals surface area contributed by atoms with Crippen LogP contribution in [-0.4, -0.2) is 31.1 Å². The second-order valence-corrected chi connectivity index (χ2v) is 9.59. The fourth-order valence-corrected chi connectivity index (χ4v) is 4.21. The Labute approximate surface area is 217 Å². The van der Waals surface area contributed by atoms with E-state index in [1.54, 1.807) is 13.2 Å². The van der Waals surface area contributed by atoms with Crippen LogP contribution in [0.1, 0.15) is 43.7 Å². The summed E-state index contributed by atoms with van der Waals surface area (Å²) < 4.78 is 5.49. The van der Waals surface area contributed by atoms with E-state index in [-0.39, 0.29) is 5.91 Å². The topological polar surface area (TPSA) is 63.2 Å². The highest BCUT2D eigenvalue weighted by molar-refractivity contribution is 6.31. The van der Waals surface area contributed by atoms with Crippen LogP contribution in [0.3, 0.4) is 0 Å². The van der Waals surface area contributed by atoms with Crippen LogP contribution in [0.15, 0.2) is 66.7 Å². The summed E-state index contributed by atoms with van der Waals surface area (Å²) in [5.74, 6) is 1.20. The van der Waals surface area contributed by atoms with Crippen molar-refractivity contribution in [3.8, 4) is 5.75 Å².